The maximum Gasteiger partial charge on any atom is 0.200 e. The lowest BCUT2D eigenvalue weighted by atomic mass is 9.81. The Morgan fingerprint density at radius 2 is 0.935 bits per heavy atom. The molecule has 0 atom stereocenters. The highest BCUT2D eigenvalue weighted by Gasteiger charge is 2.40. The van der Waals surface area contributed by atoms with Gasteiger partial charge in [0.2, 0.25) is 11.6 Å². The maximum atomic E-state index is 14.7. The molecule has 10 heteroatoms. The standard InChI is InChI=1S/C52H62N2O8/c1-4-7-10-13-14-15-18-35-19-21-36(22-20-35)54-42-34-44(62-40-29-25-38(26-30-40)60-32-17-12-9-6-3)50(56)48-46(42)52(58)47-45(51(48)57)41(53)33-43(49(47)55)61-39-27-23-37(24-28-39)59-31-16-11-8-5-2/h19-30,33-34,54-56H,4-18,31-32,53H2,1-3H3. The molecule has 0 saturated carbocycles. The van der Waals surface area contributed by atoms with E-state index in [4.69, 9.17) is 24.7 Å². The quantitative estimate of drug-likeness (QED) is 0.0249. The number of rotatable bonds is 25. The number of aromatic hydroxyl groups is 2. The molecule has 0 aliphatic heterocycles. The number of phenolic OH excluding ortho intramolecular Hbond substituents is 2. The van der Waals surface area contributed by atoms with Gasteiger partial charge in [-0.05, 0) is 91.9 Å². The van der Waals surface area contributed by atoms with Gasteiger partial charge in [-0.25, -0.2) is 0 Å². The highest BCUT2D eigenvalue weighted by Crippen LogP contribution is 2.50. The van der Waals surface area contributed by atoms with Gasteiger partial charge in [0.1, 0.15) is 23.0 Å². The van der Waals surface area contributed by atoms with Crippen molar-refractivity contribution >= 4 is 28.6 Å². The topological polar surface area (TPSA) is 150 Å². The summed E-state index contributed by atoms with van der Waals surface area (Å²) in [5.74, 6) is -0.616. The van der Waals surface area contributed by atoms with E-state index in [1.165, 1.54) is 49.8 Å². The molecule has 1 aliphatic carbocycles. The first-order valence-electron chi connectivity index (χ1n) is 22.5. The van der Waals surface area contributed by atoms with E-state index >= 15 is 0 Å². The highest BCUT2D eigenvalue weighted by molar-refractivity contribution is 6.34. The molecule has 0 fully saturated rings. The molecular formula is C52H62N2O8. The van der Waals surface area contributed by atoms with E-state index in [0.717, 1.165) is 64.2 Å². The molecule has 6 rings (SSSR count). The molecular weight excluding hydrogens is 781 g/mol. The molecule has 62 heavy (non-hydrogen) atoms. The number of hydrogen-bond acceptors (Lipinski definition) is 10. The fourth-order valence-corrected chi connectivity index (χ4v) is 7.66. The fraction of sp³-hybridized carbons (Fsp3) is 0.385. The van der Waals surface area contributed by atoms with Crippen LogP contribution in [0.1, 0.15) is 148 Å². The van der Waals surface area contributed by atoms with E-state index in [1.54, 1.807) is 48.5 Å². The number of unbranched alkanes of at least 4 members (excludes halogenated alkanes) is 11. The molecule has 0 amide bonds. The SMILES string of the molecule is CCCCCCCCc1ccc(Nc2cc(Oc3ccc(OCCCCCC)cc3)c(O)c3c2C(=O)c2c(O)c(Oc4ccc(OCCCCCC)cc4)cc(N)c2C3=O)cc1. The van der Waals surface area contributed by atoms with Crippen LogP contribution in [0, 0.1) is 0 Å². The Hall–Kier alpha value is -6.16. The van der Waals surface area contributed by atoms with E-state index < -0.39 is 23.1 Å². The number of fused-ring (bicyclic) bond motifs is 2. The van der Waals surface area contributed by atoms with Crippen molar-refractivity contribution in [2.75, 3.05) is 24.3 Å². The van der Waals surface area contributed by atoms with Crippen LogP contribution >= 0.6 is 0 Å². The predicted octanol–water partition coefficient (Wildman–Crippen LogP) is 13.6. The van der Waals surface area contributed by atoms with Crippen molar-refractivity contribution in [3.63, 3.8) is 0 Å². The molecule has 0 saturated heterocycles. The number of aryl methyl sites for hydroxylation is 1. The molecule has 5 aromatic carbocycles. The van der Waals surface area contributed by atoms with Crippen LogP contribution in [-0.2, 0) is 6.42 Å². The van der Waals surface area contributed by atoms with E-state index in [0.29, 0.717) is 41.9 Å². The summed E-state index contributed by atoms with van der Waals surface area (Å²) >= 11 is 0. The number of anilines is 3. The van der Waals surface area contributed by atoms with Gasteiger partial charge in [0.15, 0.2) is 23.0 Å². The summed E-state index contributed by atoms with van der Waals surface area (Å²) in [7, 11) is 0. The molecule has 0 unspecified atom stereocenters. The lowest BCUT2D eigenvalue weighted by Gasteiger charge is -2.25. The second-order valence-electron chi connectivity index (χ2n) is 16.0. The normalized spacial score (nSPS) is 11.9. The van der Waals surface area contributed by atoms with Gasteiger partial charge in [0, 0.05) is 23.5 Å². The van der Waals surface area contributed by atoms with Crippen molar-refractivity contribution in [3.05, 3.63) is 113 Å². The monoisotopic (exact) mass is 842 g/mol. The van der Waals surface area contributed by atoms with Gasteiger partial charge >= 0.3 is 0 Å². The number of nitrogen functional groups attached to an aromatic ring is 1. The van der Waals surface area contributed by atoms with Gasteiger partial charge in [-0.15, -0.1) is 0 Å². The minimum atomic E-state index is -0.749. The van der Waals surface area contributed by atoms with Crippen molar-refractivity contribution in [1.82, 2.24) is 0 Å². The average molecular weight is 843 g/mol. The van der Waals surface area contributed by atoms with E-state index in [9.17, 15) is 19.8 Å². The number of hydrogen-bond donors (Lipinski definition) is 4. The Bertz CT molecular complexity index is 2250. The Balaban J connectivity index is 1.29. The molecule has 5 N–H and O–H groups in total. The van der Waals surface area contributed by atoms with Crippen LogP contribution in [0.15, 0.2) is 84.9 Å². The zero-order valence-electron chi connectivity index (χ0n) is 36.5. The van der Waals surface area contributed by atoms with Gasteiger partial charge < -0.3 is 40.2 Å². The summed E-state index contributed by atoms with van der Waals surface area (Å²) in [6, 6.07) is 24.6. The Morgan fingerprint density at radius 1 is 0.500 bits per heavy atom. The zero-order valence-corrected chi connectivity index (χ0v) is 36.5. The van der Waals surface area contributed by atoms with Gasteiger partial charge in [0.05, 0.1) is 41.2 Å². The second-order valence-corrected chi connectivity index (χ2v) is 16.0. The summed E-state index contributed by atoms with van der Waals surface area (Å²) in [6.07, 6.45) is 16.9. The molecule has 1 aliphatic rings. The molecule has 5 aromatic rings. The van der Waals surface area contributed by atoms with Gasteiger partial charge in [-0.3, -0.25) is 9.59 Å². The largest absolute Gasteiger partial charge is 0.504 e. The second kappa shape index (κ2) is 22.6. The highest BCUT2D eigenvalue weighted by atomic mass is 16.5. The molecule has 328 valence electrons. The molecule has 0 bridgehead atoms. The lowest BCUT2D eigenvalue weighted by Crippen LogP contribution is -2.24. The average Bonchev–Trinajstić information content (AvgIpc) is 3.27. The number of ketones is 2. The molecule has 0 radical (unpaired) electrons. The van der Waals surface area contributed by atoms with Crippen LogP contribution in [0.2, 0.25) is 0 Å². The van der Waals surface area contributed by atoms with E-state index in [-0.39, 0.29) is 45.1 Å². The number of nitrogens with two attached hydrogens (primary N) is 1. The third-order valence-corrected chi connectivity index (χ3v) is 11.2. The van der Waals surface area contributed by atoms with E-state index in [2.05, 4.69) is 26.1 Å². The number of carbonyl (C=O) groups excluding carboxylic acids is 2. The van der Waals surface area contributed by atoms with Gasteiger partial charge in [-0.1, -0.05) is 104 Å². The number of benzene rings is 5. The third-order valence-electron chi connectivity index (χ3n) is 11.2. The summed E-state index contributed by atoms with van der Waals surface area (Å²) in [4.78, 5) is 29.2. The summed E-state index contributed by atoms with van der Waals surface area (Å²) in [5, 5.41) is 26.7. The summed E-state index contributed by atoms with van der Waals surface area (Å²) in [5.41, 5.74) is 7.43. The third kappa shape index (κ3) is 11.6. The zero-order chi connectivity index (χ0) is 43.8. The minimum Gasteiger partial charge on any atom is -0.504 e. The molecule has 10 nitrogen and oxygen atoms in total. The number of phenols is 2. The van der Waals surface area contributed by atoms with Crippen molar-refractivity contribution in [1.29, 1.82) is 0 Å². The first kappa shape index (κ1) is 45.4. The first-order chi connectivity index (χ1) is 30.2. The number of ether oxygens (including phenoxy) is 4. The van der Waals surface area contributed by atoms with Crippen LogP contribution in [0.5, 0.6) is 46.0 Å². The van der Waals surface area contributed by atoms with Crippen LogP contribution in [0.25, 0.3) is 0 Å². The van der Waals surface area contributed by atoms with E-state index in [1.807, 2.05) is 24.3 Å². The molecule has 0 heterocycles. The van der Waals surface area contributed by atoms with Crippen LogP contribution in [0.4, 0.5) is 17.1 Å². The number of carbonyl (C=O) groups is 2. The van der Waals surface area contributed by atoms with Crippen LogP contribution in [-0.4, -0.2) is 35.0 Å². The Morgan fingerprint density at radius 3 is 1.47 bits per heavy atom. The van der Waals surface area contributed by atoms with Crippen LogP contribution in [0.3, 0.4) is 0 Å². The summed E-state index contributed by atoms with van der Waals surface area (Å²) < 4.78 is 24.0. The van der Waals surface area contributed by atoms with Crippen LogP contribution < -0.4 is 30.0 Å². The maximum absolute atomic E-state index is 14.7. The van der Waals surface area contributed by atoms with Crippen molar-refractivity contribution < 1.29 is 38.7 Å². The Kier molecular flexibility index (Phi) is 16.5. The fourth-order valence-electron chi connectivity index (χ4n) is 7.66. The van der Waals surface area contributed by atoms with Gasteiger partial charge in [0.25, 0.3) is 0 Å². The van der Waals surface area contributed by atoms with Crippen molar-refractivity contribution in [3.8, 4) is 46.0 Å². The molecule has 0 spiro atoms. The van der Waals surface area contributed by atoms with Crippen molar-refractivity contribution in [2.24, 2.45) is 0 Å². The van der Waals surface area contributed by atoms with Gasteiger partial charge in [-0.2, -0.15) is 0 Å². The van der Waals surface area contributed by atoms with Crippen molar-refractivity contribution in [2.45, 2.75) is 117 Å². The molecule has 0 aromatic heterocycles. The lowest BCUT2D eigenvalue weighted by molar-refractivity contribution is 0.0974. The Labute approximate surface area is 366 Å². The number of nitrogens with one attached hydrogen (secondary N) is 1. The summed E-state index contributed by atoms with van der Waals surface area (Å²) in [6.45, 7) is 7.75. The smallest absolute Gasteiger partial charge is 0.200 e. The predicted molar refractivity (Wildman–Crippen MR) is 247 cm³/mol. The first-order valence-corrected chi connectivity index (χ1v) is 22.5. The minimum absolute atomic E-state index is 0.0556.